The summed E-state index contributed by atoms with van der Waals surface area (Å²) in [6.45, 7) is 8.22. The molecule has 0 bridgehead atoms. The van der Waals surface area contributed by atoms with Gasteiger partial charge < -0.3 is 9.55 Å². The fourth-order valence-corrected chi connectivity index (χ4v) is 3.57. The normalized spacial score (nSPS) is 10.9. The van der Waals surface area contributed by atoms with Gasteiger partial charge in [0.05, 0.1) is 6.33 Å². The van der Waals surface area contributed by atoms with E-state index in [4.69, 9.17) is 0 Å². The molecule has 0 amide bonds. The van der Waals surface area contributed by atoms with Crippen LogP contribution < -0.4 is 5.56 Å². The van der Waals surface area contributed by atoms with Gasteiger partial charge in [-0.2, -0.15) is 0 Å². The minimum absolute atomic E-state index is 0.0621. The van der Waals surface area contributed by atoms with E-state index < -0.39 is 0 Å². The van der Waals surface area contributed by atoms with Crippen molar-refractivity contribution in [2.45, 2.75) is 40.7 Å². The summed E-state index contributed by atoms with van der Waals surface area (Å²) in [6.07, 6.45) is 5.71. The van der Waals surface area contributed by atoms with Gasteiger partial charge >= 0.3 is 0 Å². The Hall–Kier alpha value is -3.02. The summed E-state index contributed by atoms with van der Waals surface area (Å²) in [4.78, 5) is 34.7. The lowest BCUT2D eigenvalue weighted by Gasteiger charge is -2.17. The van der Waals surface area contributed by atoms with E-state index in [0.717, 1.165) is 39.3 Å². The predicted molar refractivity (Wildman–Crippen MR) is 100 cm³/mol. The number of carbonyl (C=O) groups excluding carboxylic acids is 1. The second kappa shape index (κ2) is 7.07. The SMILES string of the molecule is CC(=O)c1c(C)cc(C)c(-c2nccn2CCc2cc(=O)[nH]cn2)c1C. The van der Waals surface area contributed by atoms with Gasteiger partial charge in [0.25, 0.3) is 5.56 Å². The van der Waals surface area contributed by atoms with Crippen LogP contribution >= 0.6 is 0 Å². The fourth-order valence-electron chi connectivity index (χ4n) is 3.57. The topological polar surface area (TPSA) is 80.6 Å². The van der Waals surface area contributed by atoms with E-state index in [1.807, 2.05) is 37.6 Å². The Morgan fingerprint density at radius 2 is 1.92 bits per heavy atom. The molecule has 0 radical (unpaired) electrons. The van der Waals surface area contributed by atoms with Crippen molar-refractivity contribution < 1.29 is 4.79 Å². The molecule has 0 fully saturated rings. The summed E-state index contributed by atoms with van der Waals surface area (Å²) in [5, 5.41) is 0. The molecule has 2 aromatic heterocycles. The van der Waals surface area contributed by atoms with Crippen LogP contribution in [0.15, 0.2) is 35.6 Å². The molecule has 0 saturated carbocycles. The first kappa shape index (κ1) is 17.8. The molecule has 0 saturated heterocycles. The van der Waals surface area contributed by atoms with Gasteiger partial charge in [-0.05, 0) is 44.4 Å². The molecule has 2 heterocycles. The number of nitrogens with zero attached hydrogens (tertiary/aromatic N) is 3. The van der Waals surface area contributed by atoms with Crippen LogP contribution in [0.1, 0.15) is 39.7 Å². The number of rotatable bonds is 5. The average molecular weight is 350 g/mol. The number of aromatic amines is 1. The highest BCUT2D eigenvalue weighted by atomic mass is 16.1. The van der Waals surface area contributed by atoms with Gasteiger partial charge in [0, 0.05) is 48.2 Å². The van der Waals surface area contributed by atoms with Crippen LogP contribution in [0.2, 0.25) is 0 Å². The first-order valence-corrected chi connectivity index (χ1v) is 8.55. The maximum atomic E-state index is 12.1. The number of aromatic nitrogens is 4. The van der Waals surface area contributed by atoms with Crippen LogP contribution in [-0.2, 0) is 13.0 Å². The zero-order valence-corrected chi connectivity index (χ0v) is 15.5. The summed E-state index contributed by atoms with van der Waals surface area (Å²) in [5.41, 5.74) is 5.36. The van der Waals surface area contributed by atoms with Gasteiger partial charge in [-0.15, -0.1) is 0 Å². The van der Waals surface area contributed by atoms with Crippen molar-refractivity contribution in [1.82, 2.24) is 19.5 Å². The summed E-state index contributed by atoms with van der Waals surface area (Å²) in [5.74, 6) is 0.888. The monoisotopic (exact) mass is 350 g/mol. The molecule has 134 valence electrons. The molecule has 0 atom stereocenters. The van der Waals surface area contributed by atoms with Crippen molar-refractivity contribution in [1.29, 1.82) is 0 Å². The van der Waals surface area contributed by atoms with Crippen LogP contribution in [0.25, 0.3) is 11.4 Å². The molecule has 3 aromatic rings. The predicted octanol–water partition coefficient (Wildman–Crippen LogP) is 3.00. The third-order valence-corrected chi connectivity index (χ3v) is 4.61. The fraction of sp³-hybridized carbons (Fsp3) is 0.300. The number of hydrogen-bond acceptors (Lipinski definition) is 4. The number of Topliss-reactive ketones (excluding diaryl/α,β-unsaturated/α-hetero) is 1. The van der Waals surface area contributed by atoms with Crippen LogP contribution in [0.4, 0.5) is 0 Å². The first-order valence-electron chi connectivity index (χ1n) is 8.55. The highest BCUT2D eigenvalue weighted by Gasteiger charge is 2.18. The molecule has 1 aromatic carbocycles. The van der Waals surface area contributed by atoms with Crippen LogP contribution in [0.5, 0.6) is 0 Å². The van der Waals surface area contributed by atoms with E-state index in [2.05, 4.69) is 15.0 Å². The Balaban J connectivity index is 2.00. The van der Waals surface area contributed by atoms with Gasteiger partial charge in [0.1, 0.15) is 5.82 Å². The minimum atomic E-state index is -0.155. The Labute approximate surface area is 152 Å². The van der Waals surface area contributed by atoms with Crippen LogP contribution in [0, 0.1) is 20.8 Å². The molecular formula is C20H22N4O2. The standard InChI is InChI=1S/C20H22N4O2/c1-12-9-13(2)19(14(3)18(12)15(4)25)20-21-6-8-24(20)7-5-16-10-17(26)23-11-22-16/h6,8-11H,5,7H2,1-4H3,(H,22,23,26). The van der Waals surface area contributed by atoms with E-state index in [1.165, 1.54) is 12.4 Å². The Morgan fingerprint density at radius 1 is 1.15 bits per heavy atom. The molecule has 0 aliphatic carbocycles. The van der Waals surface area contributed by atoms with Gasteiger partial charge in [0.2, 0.25) is 0 Å². The number of hydrogen-bond donors (Lipinski definition) is 1. The van der Waals surface area contributed by atoms with Gasteiger partial charge in [-0.1, -0.05) is 6.07 Å². The highest BCUT2D eigenvalue weighted by Crippen LogP contribution is 2.31. The van der Waals surface area contributed by atoms with E-state index in [-0.39, 0.29) is 11.3 Å². The Kier molecular flexibility index (Phi) is 4.84. The van der Waals surface area contributed by atoms with E-state index in [1.54, 1.807) is 13.1 Å². The van der Waals surface area contributed by atoms with Crippen molar-refractivity contribution in [3.8, 4) is 11.4 Å². The molecule has 0 spiro atoms. The number of benzene rings is 1. The molecule has 0 aliphatic heterocycles. The molecule has 26 heavy (non-hydrogen) atoms. The second-order valence-electron chi connectivity index (χ2n) is 6.54. The highest BCUT2D eigenvalue weighted by molar-refractivity contribution is 5.99. The average Bonchev–Trinajstić information content (AvgIpc) is 3.00. The number of nitrogens with one attached hydrogen (secondary N) is 1. The van der Waals surface area contributed by atoms with E-state index >= 15 is 0 Å². The maximum Gasteiger partial charge on any atom is 0.250 e. The summed E-state index contributed by atoms with van der Waals surface area (Å²) < 4.78 is 2.04. The summed E-state index contributed by atoms with van der Waals surface area (Å²) in [7, 11) is 0. The summed E-state index contributed by atoms with van der Waals surface area (Å²) in [6, 6.07) is 3.54. The number of aryl methyl sites for hydroxylation is 4. The molecule has 0 aliphatic rings. The Morgan fingerprint density at radius 3 is 2.62 bits per heavy atom. The number of ketones is 1. The lowest BCUT2D eigenvalue weighted by molar-refractivity contribution is 0.101. The minimum Gasteiger partial charge on any atom is -0.331 e. The van der Waals surface area contributed by atoms with Crippen molar-refractivity contribution in [2.75, 3.05) is 0 Å². The van der Waals surface area contributed by atoms with Crippen molar-refractivity contribution in [3.05, 3.63) is 69.2 Å². The van der Waals surface area contributed by atoms with E-state index in [0.29, 0.717) is 13.0 Å². The number of imidazole rings is 1. The second-order valence-corrected chi connectivity index (χ2v) is 6.54. The van der Waals surface area contributed by atoms with Crippen molar-refractivity contribution in [2.24, 2.45) is 0 Å². The van der Waals surface area contributed by atoms with Crippen molar-refractivity contribution >= 4 is 5.78 Å². The lowest BCUT2D eigenvalue weighted by Crippen LogP contribution is -2.11. The summed E-state index contributed by atoms with van der Waals surface area (Å²) >= 11 is 0. The molecular weight excluding hydrogens is 328 g/mol. The largest absolute Gasteiger partial charge is 0.331 e. The van der Waals surface area contributed by atoms with E-state index in [9.17, 15) is 9.59 Å². The quantitative estimate of drug-likeness (QED) is 0.717. The van der Waals surface area contributed by atoms with Gasteiger partial charge in [-0.25, -0.2) is 9.97 Å². The van der Waals surface area contributed by atoms with Crippen LogP contribution in [-0.4, -0.2) is 25.3 Å². The first-order chi connectivity index (χ1) is 12.4. The third-order valence-electron chi connectivity index (χ3n) is 4.61. The zero-order chi connectivity index (χ0) is 18.8. The molecule has 0 unspecified atom stereocenters. The van der Waals surface area contributed by atoms with Crippen molar-refractivity contribution in [3.63, 3.8) is 0 Å². The number of carbonyl (C=O) groups is 1. The van der Waals surface area contributed by atoms with Gasteiger partial charge in [-0.3, -0.25) is 9.59 Å². The Bertz CT molecular complexity index is 1030. The van der Waals surface area contributed by atoms with Gasteiger partial charge in [0.15, 0.2) is 5.78 Å². The molecule has 6 nitrogen and oxygen atoms in total. The maximum absolute atomic E-state index is 12.1. The number of H-pyrrole nitrogens is 1. The third kappa shape index (κ3) is 3.35. The zero-order valence-electron chi connectivity index (χ0n) is 15.5. The molecule has 3 rings (SSSR count). The van der Waals surface area contributed by atoms with Crippen LogP contribution in [0.3, 0.4) is 0 Å². The molecule has 6 heteroatoms. The molecule has 1 N–H and O–H groups in total. The smallest absolute Gasteiger partial charge is 0.250 e. The lowest BCUT2D eigenvalue weighted by atomic mass is 9.91.